The molecular formula is C68H106N16O24S. The molecule has 0 aromatic carbocycles. The van der Waals surface area contributed by atoms with Crippen molar-refractivity contribution in [3.63, 3.8) is 0 Å². The highest BCUT2D eigenvalue weighted by Crippen LogP contribution is 2.22. The average molecular weight is 1560 g/mol. The molecule has 608 valence electrons. The van der Waals surface area contributed by atoms with Gasteiger partial charge in [0.05, 0.1) is 103 Å². The van der Waals surface area contributed by atoms with Gasteiger partial charge in [-0.15, -0.1) is 0 Å². The average Bonchev–Trinajstić information content (AvgIpc) is 1.66. The van der Waals surface area contributed by atoms with Crippen LogP contribution in [0.25, 0.3) is 0 Å². The molecule has 40 nitrogen and oxygen atoms in total. The van der Waals surface area contributed by atoms with Crippen molar-refractivity contribution in [1.29, 1.82) is 0 Å². The van der Waals surface area contributed by atoms with Gasteiger partial charge < -0.3 is 99.7 Å². The molecule has 6 saturated heterocycles. The first-order valence-electron chi connectivity index (χ1n) is 36.9. The summed E-state index contributed by atoms with van der Waals surface area (Å²) in [6.45, 7) is 3.56. The summed E-state index contributed by atoms with van der Waals surface area (Å²) in [4.78, 5) is 230. The molecule has 0 bridgehead atoms. The first kappa shape index (κ1) is 87.3. The number of thioether (sulfide) groups is 1. The molecule has 6 aliphatic rings. The van der Waals surface area contributed by atoms with Gasteiger partial charge in [-0.05, 0) is 0 Å². The monoisotopic (exact) mass is 1560 g/mol. The molecule has 41 heteroatoms. The summed E-state index contributed by atoms with van der Waals surface area (Å²) in [5, 5.41) is 28.2. The summed E-state index contributed by atoms with van der Waals surface area (Å²) in [6.07, 6.45) is -2.19. The number of methoxy groups -OCH3 is 4. The molecule has 0 saturated carbocycles. The van der Waals surface area contributed by atoms with Crippen molar-refractivity contribution in [1.82, 2.24) is 79.9 Å². The van der Waals surface area contributed by atoms with Crippen LogP contribution in [-0.4, -0.2) is 358 Å². The number of hydrogen-bond donors (Lipinski definition) is 7. The summed E-state index contributed by atoms with van der Waals surface area (Å²) in [5.74, 6) is -7.18. The number of ether oxygens (including phenoxy) is 6. The first-order valence-corrected chi connectivity index (χ1v) is 38.0. The number of rotatable bonds is 51. The third-order valence-corrected chi connectivity index (χ3v) is 20.6. The molecule has 1 aromatic rings. The number of carbonyl (C=O) groups is 14. The van der Waals surface area contributed by atoms with Crippen molar-refractivity contribution in [3.05, 3.63) is 31.5 Å². The van der Waals surface area contributed by atoms with Crippen molar-refractivity contribution >= 4 is 94.7 Å². The van der Waals surface area contributed by atoms with Crippen LogP contribution in [0.2, 0.25) is 0 Å². The highest BCUT2D eigenvalue weighted by atomic mass is 32.2. The number of epoxide rings is 2. The minimum atomic E-state index is -1.24. The Bertz CT molecular complexity index is 3210. The van der Waals surface area contributed by atoms with Crippen LogP contribution in [0.4, 0.5) is 0 Å². The summed E-state index contributed by atoms with van der Waals surface area (Å²) >= 11 is 1.27. The summed E-state index contributed by atoms with van der Waals surface area (Å²) < 4.78 is 32.3. The first-order chi connectivity index (χ1) is 52.2. The van der Waals surface area contributed by atoms with Crippen molar-refractivity contribution in [2.75, 3.05) is 204 Å². The van der Waals surface area contributed by atoms with Crippen molar-refractivity contribution in [2.24, 2.45) is 23.7 Å². The van der Waals surface area contributed by atoms with Crippen LogP contribution in [0.5, 0.6) is 0 Å². The molecule has 7 rings (SSSR count). The predicted molar refractivity (Wildman–Crippen MR) is 384 cm³/mol. The van der Waals surface area contributed by atoms with Gasteiger partial charge in [0.1, 0.15) is 0 Å². The SMILES string of the molecule is COC(=O)C1CC(=O)N(CCNC(=O)CCN(CCNC(=O)CCN(CCSCC(O)Cn2c(=O)n(CC3CO3)c(=O)n(CC3CO3)c2=O)CCC(=O)NCCN(CCC(=O)NCCN2CC(C(=O)OC)CC2=O)CCC(=O)NCCN2CC(C(=O)OC)CC2=O)CCC(=O)NCCN2CC(C(=O)OC)CC2=O)C1. The van der Waals surface area contributed by atoms with E-state index in [9.17, 15) is 86.6 Å². The molecule has 0 radical (unpaired) electrons. The third kappa shape index (κ3) is 29.5. The maximum Gasteiger partial charge on any atom is 0.336 e. The largest absolute Gasteiger partial charge is 0.469 e. The smallest absolute Gasteiger partial charge is 0.336 e. The maximum atomic E-state index is 13.7. The number of aliphatic hydroxyl groups excluding tert-OH is 1. The Morgan fingerprint density at radius 1 is 0.404 bits per heavy atom. The number of amides is 10. The number of nitrogens with zero attached hydrogens (tertiary/aromatic N) is 10. The molecule has 0 aliphatic carbocycles. The Balaban J connectivity index is 0.940. The van der Waals surface area contributed by atoms with Gasteiger partial charge in [0, 0.05) is 226 Å². The second-order valence-electron chi connectivity index (χ2n) is 27.5. The molecule has 1 aromatic heterocycles. The molecule has 7 heterocycles. The predicted octanol–water partition coefficient (Wildman–Crippen LogP) is -7.91. The lowest BCUT2D eigenvalue weighted by atomic mass is 10.1. The molecular weight excluding hydrogens is 1460 g/mol. The van der Waals surface area contributed by atoms with E-state index in [-0.39, 0.29) is 305 Å². The number of aromatic nitrogens is 3. The second kappa shape index (κ2) is 44.7. The Morgan fingerprint density at radius 3 is 0.927 bits per heavy atom. The van der Waals surface area contributed by atoms with E-state index < -0.39 is 77.3 Å². The van der Waals surface area contributed by atoms with Crippen molar-refractivity contribution in [3.8, 4) is 0 Å². The highest BCUT2D eigenvalue weighted by molar-refractivity contribution is 7.99. The van der Waals surface area contributed by atoms with Crippen molar-refractivity contribution < 1.29 is 101 Å². The van der Waals surface area contributed by atoms with Crippen molar-refractivity contribution in [2.45, 2.75) is 102 Å². The van der Waals surface area contributed by atoms with E-state index in [0.29, 0.717) is 19.0 Å². The van der Waals surface area contributed by atoms with E-state index in [1.165, 1.54) is 59.8 Å². The van der Waals surface area contributed by atoms with E-state index in [1.54, 1.807) is 0 Å². The van der Waals surface area contributed by atoms with Crippen LogP contribution >= 0.6 is 11.8 Å². The summed E-state index contributed by atoms with van der Waals surface area (Å²) in [6, 6.07) is 0. The number of esters is 4. The summed E-state index contributed by atoms with van der Waals surface area (Å²) in [5.41, 5.74) is -2.59. The fourth-order valence-electron chi connectivity index (χ4n) is 13.0. The molecule has 6 aliphatic heterocycles. The van der Waals surface area contributed by atoms with E-state index >= 15 is 0 Å². The zero-order valence-corrected chi connectivity index (χ0v) is 63.4. The third-order valence-electron chi connectivity index (χ3n) is 19.5. The molecule has 7 N–H and O–H groups in total. The Hall–Kier alpha value is -8.90. The van der Waals surface area contributed by atoms with Crippen LogP contribution in [0.15, 0.2) is 14.4 Å². The van der Waals surface area contributed by atoms with Gasteiger partial charge in [-0.3, -0.25) is 67.1 Å². The molecule has 109 heavy (non-hydrogen) atoms. The van der Waals surface area contributed by atoms with Crippen LogP contribution in [0, 0.1) is 23.7 Å². The topological polar surface area (TPSA) is 482 Å². The van der Waals surface area contributed by atoms with Crippen LogP contribution in [-0.2, 0) is 115 Å². The lowest BCUT2D eigenvalue weighted by Crippen LogP contribution is -2.56. The number of aliphatic hydroxyl groups is 1. The lowest BCUT2D eigenvalue weighted by Gasteiger charge is -2.24. The van der Waals surface area contributed by atoms with Crippen LogP contribution in [0.3, 0.4) is 0 Å². The molecule has 7 atom stereocenters. The molecule has 7 unspecified atom stereocenters. The highest BCUT2D eigenvalue weighted by Gasteiger charge is 2.39. The number of nitrogens with one attached hydrogen (secondary N) is 6. The fourth-order valence-corrected chi connectivity index (χ4v) is 13.9. The molecule has 0 spiro atoms. The standard InChI is InChI=1S/C68H106N16O24S/c1-103-62(96)45-31-58(92)78(35-45)25-13-71-54(88)5-17-75(18-6-55(89)72-14-26-79-36-46(32-59(79)93)63(97)104-2)23-11-69-52(86)9-21-77(29-30-109-44-49(85)39-82-66(100)83(40-50-42-107-50)68(102)84(67(82)101)41-51-43-108-51)22-10-53(87)70-12-24-76(19-7-56(90)73-15-27-80-37-47(33-60(80)94)64(98)105-3)20-8-57(91)74-16-28-81-38-48(34-61(81)95)65(99)106-4/h45-51,85H,5-44H2,1-4H3,(H,69,86)(H,70,87)(H,71,88)(H,72,89)(H,73,90)(H,74,91). The zero-order chi connectivity index (χ0) is 79.1. The fraction of sp³-hybridized carbons (Fsp3) is 0.750. The van der Waals surface area contributed by atoms with Gasteiger partial charge in [0.15, 0.2) is 0 Å². The molecule has 10 amide bonds. The number of carbonyl (C=O) groups excluding carboxylic acids is 14. The number of likely N-dealkylation sites (tertiary alicyclic amines) is 4. The van der Waals surface area contributed by atoms with Gasteiger partial charge in [0.2, 0.25) is 59.1 Å². The van der Waals surface area contributed by atoms with Gasteiger partial charge in [-0.25, -0.2) is 28.1 Å². The van der Waals surface area contributed by atoms with Crippen LogP contribution < -0.4 is 49.0 Å². The van der Waals surface area contributed by atoms with Gasteiger partial charge in [-0.1, -0.05) is 0 Å². The quantitative estimate of drug-likeness (QED) is 0.0138. The van der Waals surface area contributed by atoms with E-state index in [4.69, 9.17) is 28.4 Å². The lowest BCUT2D eigenvalue weighted by molar-refractivity contribution is -0.145. The minimum absolute atomic E-state index is 0.00413. The summed E-state index contributed by atoms with van der Waals surface area (Å²) in [7, 11) is 4.98. The van der Waals surface area contributed by atoms with E-state index in [1.807, 2.05) is 14.7 Å². The van der Waals surface area contributed by atoms with E-state index in [2.05, 4.69) is 31.9 Å². The van der Waals surface area contributed by atoms with E-state index in [0.717, 1.165) is 13.7 Å². The maximum absolute atomic E-state index is 13.7. The Morgan fingerprint density at radius 2 is 0.661 bits per heavy atom. The van der Waals surface area contributed by atoms with Crippen LogP contribution in [0.1, 0.15) is 64.2 Å². The molecule has 6 fully saturated rings. The van der Waals surface area contributed by atoms with Gasteiger partial charge in [-0.2, -0.15) is 11.8 Å². The minimum Gasteiger partial charge on any atom is -0.469 e. The second-order valence-corrected chi connectivity index (χ2v) is 28.6. The normalized spacial score (nSPS) is 19.7. The van der Waals surface area contributed by atoms with Gasteiger partial charge >= 0.3 is 40.9 Å². The Labute approximate surface area is 633 Å². The number of hydrogen-bond acceptors (Lipinski definition) is 28. The zero-order valence-electron chi connectivity index (χ0n) is 62.5. The Kier molecular flexibility index (Phi) is 35.8. The van der Waals surface area contributed by atoms with Gasteiger partial charge in [0.25, 0.3) is 0 Å².